The Morgan fingerprint density at radius 3 is 3.05 bits per heavy atom. The molecule has 5 heteroatoms. The highest BCUT2D eigenvalue weighted by molar-refractivity contribution is 7.99. The number of nitrogens with one attached hydrogen (secondary N) is 1. The maximum absolute atomic E-state index is 13.1. The number of aliphatic hydroxyl groups excluding tert-OH is 1. The molecule has 1 aliphatic heterocycles. The molecule has 1 aromatic rings. The van der Waals surface area contributed by atoms with Crippen molar-refractivity contribution in [2.24, 2.45) is 0 Å². The molecule has 0 radical (unpaired) electrons. The standard InChI is InChI=1S/C14H20FNO2S/c1-9(14(8-17)19-2)16-7-12-6-10-5-11(15)3-4-13(10)18-12/h3-5,9,12,14,16-17H,6-8H2,1-2H3. The molecule has 0 spiro atoms. The molecule has 3 atom stereocenters. The van der Waals surface area contributed by atoms with E-state index in [2.05, 4.69) is 12.2 Å². The zero-order chi connectivity index (χ0) is 13.8. The highest BCUT2D eigenvalue weighted by Crippen LogP contribution is 2.29. The lowest BCUT2D eigenvalue weighted by molar-refractivity contribution is 0.215. The average Bonchev–Trinajstić information content (AvgIpc) is 2.79. The van der Waals surface area contributed by atoms with Gasteiger partial charge in [-0.05, 0) is 31.4 Å². The van der Waals surface area contributed by atoms with Crippen LogP contribution in [0.1, 0.15) is 12.5 Å². The van der Waals surface area contributed by atoms with Gasteiger partial charge in [0.05, 0.1) is 6.61 Å². The third-order valence-corrected chi connectivity index (χ3v) is 4.63. The number of hydrogen-bond acceptors (Lipinski definition) is 4. The van der Waals surface area contributed by atoms with Crippen LogP contribution in [0.5, 0.6) is 5.75 Å². The van der Waals surface area contributed by atoms with Crippen molar-refractivity contribution in [1.82, 2.24) is 5.32 Å². The van der Waals surface area contributed by atoms with Crippen molar-refractivity contribution in [3.05, 3.63) is 29.6 Å². The molecule has 19 heavy (non-hydrogen) atoms. The van der Waals surface area contributed by atoms with Gasteiger partial charge in [-0.15, -0.1) is 0 Å². The van der Waals surface area contributed by atoms with Gasteiger partial charge in [0.2, 0.25) is 0 Å². The van der Waals surface area contributed by atoms with Gasteiger partial charge in [-0.1, -0.05) is 0 Å². The first kappa shape index (κ1) is 14.6. The SMILES string of the molecule is CSC(CO)C(C)NCC1Cc2cc(F)ccc2O1. The summed E-state index contributed by atoms with van der Waals surface area (Å²) in [7, 11) is 0. The molecule has 0 saturated heterocycles. The normalized spacial score (nSPS) is 20.7. The minimum atomic E-state index is -0.216. The second kappa shape index (κ2) is 6.59. The van der Waals surface area contributed by atoms with Gasteiger partial charge in [0.15, 0.2) is 0 Å². The van der Waals surface area contributed by atoms with Crippen molar-refractivity contribution in [1.29, 1.82) is 0 Å². The number of benzene rings is 1. The van der Waals surface area contributed by atoms with Crippen LogP contribution in [0.15, 0.2) is 18.2 Å². The zero-order valence-corrected chi connectivity index (χ0v) is 12.0. The van der Waals surface area contributed by atoms with E-state index in [4.69, 9.17) is 4.74 Å². The molecule has 0 amide bonds. The number of aliphatic hydroxyl groups is 1. The Bertz CT molecular complexity index is 426. The Labute approximate surface area is 117 Å². The summed E-state index contributed by atoms with van der Waals surface area (Å²) in [5.41, 5.74) is 0.933. The largest absolute Gasteiger partial charge is 0.488 e. The van der Waals surface area contributed by atoms with E-state index in [0.717, 1.165) is 17.7 Å². The number of rotatable bonds is 6. The Morgan fingerprint density at radius 1 is 1.58 bits per heavy atom. The van der Waals surface area contributed by atoms with E-state index >= 15 is 0 Å². The number of thioether (sulfide) groups is 1. The number of halogens is 1. The quantitative estimate of drug-likeness (QED) is 0.837. The highest BCUT2D eigenvalue weighted by atomic mass is 32.2. The van der Waals surface area contributed by atoms with E-state index in [1.807, 2.05) is 6.26 Å². The van der Waals surface area contributed by atoms with E-state index < -0.39 is 0 Å². The molecular weight excluding hydrogens is 265 g/mol. The van der Waals surface area contributed by atoms with Gasteiger partial charge in [0.25, 0.3) is 0 Å². The van der Waals surface area contributed by atoms with Crippen molar-refractivity contribution in [2.45, 2.75) is 30.7 Å². The monoisotopic (exact) mass is 285 g/mol. The molecule has 0 aromatic heterocycles. The van der Waals surface area contributed by atoms with E-state index in [1.165, 1.54) is 12.1 Å². The second-order valence-corrected chi connectivity index (χ2v) is 5.93. The molecule has 2 rings (SSSR count). The van der Waals surface area contributed by atoms with Crippen LogP contribution in [0.4, 0.5) is 4.39 Å². The van der Waals surface area contributed by atoms with Crippen LogP contribution in [-0.4, -0.2) is 41.9 Å². The van der Waals surface area contributed by atoms with E-state index in [1.54, 1.807) is 17.8 Å². The minimum absolute atomic E-state index is 0.0421. The fourth-order valence-corrected chi connectivity index (χ4v) is 2.94. The Kier molecular flexibility index (Phi) is 5.07. The highest BCUT2D eigenvalue weighted by Gasteiger charge is 2.24. The zero-order valence-electron chi connectivity index (χ0n) is 11.2. The van der Waals surface area contributed by atoms with Crippen LogP contribution < -0.4 is 10.1 Å². The number of ether oxygens (including phenoxy) is 1. The molecule has 0 bridgehead atoms. The van der Waals surface area contributed by atoms with Gasteiger partial charge < -0.3 is 15.2 Å². The predicted molar refractivity (Wildman–Crippen MR) is 76.4 cm³/mol. The van der Waals surface area contributed by atoms with Gasteiger partial charge in [0, 0.05) is 29.8 Å². The van der Waals surface area contributed by atoms with Gasteiger partial charge in [-0.25, -0.2) is 4.39 Å². The number of fused-ring (bicyclic) bond motifs is 1. The molecule has 1 heterocycles. The minimum Gasteiger partial charge on any atom is -0.488 e. The molecule has 1 aromatic carbocycles. The van der Waals surface area contributed by atoms with Crippen LogP contribution in [0.25, 0.3) is 0 Å². The molecule has 3 nitrogen and oxygen atoms in total. The Morgan fingerprint density at radius 2 is 2.37 bits per heavy atom. The molecule has 3 unspecified atom stereocenters. The number of hydrogen-bond donors (Lipinski definition) is 2. The maximum Gasteiger partial charge on any atom is 0.123 e. The molecule has 1 aliphatic rings. The maximum atomic E-state index is 13.1. The van der Waals surface area contributed by atoms with Crippen LogP contribution in [0, 0.1) is 5.82 Å². The van der Waals surface area contributed by atoms with Gasteiger partial charge in [0.1, 0.15) is 17.7 Å². The molecular formula is C14H20FNO2S. The van der Waals surface area contributed by atoms with Gasteiger partial charge >= 0.3 is 0 Å². The first-order chi connectivity index (χ1) is 9.13. The second-order valence-electron chi connectivity index (χ2n) is 4.85. The van der Waals surface area contributed by atoms with E-state index in [0.29, 0.717) is 6.54 Å². The van der Waals surface area contributed by atoms with E-state index in [-0.39, 0.29) is 29.8 Å². The summed E-state index contributed by atoms with van der Waals surface area (Å²) in [5, 5.41) is 12.8. The molecule has 0 fully saturated rings. The van der Waals surface area contributed by atoms with Crippen molar-refractivity contribution < 1.29 is 14.2 Å². The summed E-state index contributed by atoms with van der Waals surface area (Å²) >= 11 is 1.65. The summed E-state index contributed by atoms with van der Waals surface area (Å²) in [4.78, 5) is 0. The van der Waals surface area contributed by atoms with Crippen molar-refractivity contribution >= 4 is 11.8 Å². The lowest BCUT2D eigenvalue weighted by atomic mass is 10.1. The lowest BCUT2D eigenvalue weighted by Crippen LogP contribution is -2.42. The van der Waals surface area contributed by atoms with Crippen LogP contribution in [-0.2, 0) is 6.42 Å². The predicted octanol–water partition coefficient (Wildman–Crippen LogP) is 1.83. The smallest absolute Gasteiger partial charge is 0.123 e. The van der Waals surface area contributed by atoms with Crippen molar-refractivity contribution in [3.8, 4) is 5.75 Å². The fourth-order valence-electron chi connectivity index (χ4n) is 2.29. The topological polar surface area (TPSA) is 41.5 Å². The fraction of sp³-hybridized carbons (Fsp3) is 0.571. The lowest BCUT2D eigenvalue weighted by Gasteiger charge is -2.23. The third-order valence-electron chi connectivity index (χ3n) is 3.47. The molecule has 0 aliphatic carbocycles. The van der Waals surface area contributed by atoms with Crippen LogP contribution >= 0.6 is 11.8 Å². The summed E-state index contributed by atoms with van der Waals surface area (Å²) in [6, 6.07) is 4.86. The summed E-state index contributed by atoms with van der Waals surface area (Å²) in [6.45, 7) is 2.92. The molecule has 2 N–H and O–H groups in total. The summed E-state index contributed by atoms with van der Waals surface area (Å²) < 4.78 is 18.9. The van der Waals surface area contributed by atoms with Crippen molar-refractivity contribution in [3.63, 3.8) is 0 Å². The average molecular weight is 285 g/mol. The van der Waals surface area contributed by atoms with Gasteiger partial charge in [-0.3, -0.25) is 0 Å². The summed E-state index contributed by atoms with van der Waals surface area (Å²) in [5.74, 6) is 0.566. The van der Waals surface area contributed by atoms with Crippen LogP contribution in [0.3, 0.4) is 0 Å². The van der Waals surface area contributed by atoms with E-state index in [9.17, 15) is 9.50 Å². The molecule has 0 saturated carbocycles. The Balaban J connectivity index is 1.84. The summed E-state index contributed by atoms with van der Waals surface area (Å²) in [6.07, 6.45) is 2.76. The third kappa shape index (κ3) is 3.61. The van der Waals surface area contributed by atoms with Gasteiger partial charge in [-0.2, -0.15) is 11.8 Å². The first-order valence-corrected chi connectivity index (χ1v) is 7.75. The van der Waals surface area contributed by atoms with Crippen molar-refractivity contribution in [2.75, 3.05) is 19.4 Å². The van der Waals surface area contributed by atoms with Crippen LogP contribution in [0.2, 0.25) is 0 Å². The Hall–Kier alpha value is -0.780. The first-order valence-electron chi connectivity index (χ1n) is 6.46. The molecule has 106 valence electrons.